The SMILES string of the molecule is CCCCN1CCC(NC(=NCc2cc(OC)ccc2O)NCC)CC1.I. The number of hydrogen-bond donors (Lipinski definition) is 3. The van der Waals surface area contributed by atoms with Crippen LogP contribution < -0.4 is 15.4 Å². The average Bonchev–Trinajstić information content (AvgIpc) is 2.66. The molecule has 0 radical (unpaired) electrons. The van der Waals surface area contributed by atoms with E-state index in [0.717, 1.165) is 49.7 Å². The average molecular weight is 490 g/mol. The van der Waals surface area contributed by atoms with Gasteiger partial charge in [0.1, 0.15) is 11.5 Å². The van der Waals surface area contributed by atoms with E-state index in [4.69, 9.17) is 4.74 Å². The lowest BCUT2D eigenvalue weighted by molar-refractivity contribution is 0.203. The van der Waals surface area contributed by atoms with Gasteiger partial charge in [0.25, 0.3) is 0 Å². The Morgan fingerprint density at radius 2 is 2.04 bits per heavy atom. The van der Waals surface area contributed by atoms with Gasteiger partial charge in [-0.2, -0.15) is 0 Å². The molecule has 1 aliphatic heterocycles. The van der Waals surface area contributed by atoms with Crippen molar-refractivity contribution in [2.45, 2.75) is 52.1 Å². The lowest BCUT2D eigenvalue weighted by atomic mass is 10.0. The maximum absolute atomic E-state index is 10.0. The van der Waals surface area contributed by atoms with E-state index in [1.807, 2.05) is 6.07 Å². The monoisotopic (exact) mass is 490 g/mol. The summed E-state index contributed by atoms with van der Waals surface area (Å²) in [7, 11) is 1.62. The number of rotatable bonds is 8. The van der Waals surface area contributed by atoms with Gasteiger partial charge in [-0.05, 0) is 50.9 Å². The van der Waals surface area contributed by atoms with Gasteiger partial charge in [0.05, 0.1) is 13.7 Å². The molecule has 154 valence electrons. The quantitative estimate of drug-likeness (QED) is 0.296. The molecule has 1 aliphatic rings. The maximum atomic E-state index is 10.0. The second kappa shape index (κ2) is 13.0. The van der Waals surface area contributed by atoms with Crippen LogP contribution in [0.25, 0.3) is 0 Å². The number of piperidine rings is 1. The number of ether oxygens (including phenoxy) is 1. The van der Waals surface area contributed by atoms with Gasteiger partial charge in [-0.3, -0.25) is 0 Å². The van der Waals surface area contributed by atoms with Crippen LogP contribution in [0.1, 0.15) is 45.1 Å². The van der Waals surface area contributed by atoms with Crippen molar-refractivity contribution in [3.63, 3.8) is 0 Å². The highest BCUT2D eigenvalue weighted by molar-refractivity contribution is 14.0. The van der Waals surface area contributed by atoms with Crippen molar-refractivity contribution < 1.29 is 9.84 Å². The molecule has 2 rings (SSSR count). The summed E-state index contributed by atoms with van der Waals surface area (Å²) in [5.41, 5.74) is 0.760. The second-order valence-electron chi connectivity index (χ2n) is 6.80. The Labute approximate surface area is 180 Å². The molecule has 1 heterocycles. The topological polar surface area (TPSA) is 69.1 Å². The van der Waals surface area contributed by atoms with Crippen LogP contribution in [0, 0.1) is 0 Å². The van der Waals surface area contributed by atoms with Gasteiger partial charge in [-0.15, -0.1) is 24.0 Å². The number of nitrogens with zero attached hydrogens (tertiary/aromatic N) is 2. The van der Waals surface area contributed by atoms with Crippen LogP contribution in [0.15, 0.2) is 23.2 Å². The lowest BCUT2D eigenvalue weighted by Crippen LogP contribution is -2.48. The highest BCUT2D eigenvalue weighted by atomic mass is 127. The number of aromatic hydroxyl groups is 1. The Balaban J connectivity index is 0.00000364. The zero-order valence-electron chi connectivity index (χ0n) is 16.8. The summed E-state index contributed by atoms with van der Waals surface area (Å²) in [6.07, 6.45) is 4.82. The van der Waals surface area contributed by atoms with Gasteiger partial charge in [0.15, 0.2) is 5.96 Å². The summed E-state index contributed by atoms with van der Waals surface area (Å²) in [6, 6.07) is 5.67. The third-order valence-electron chi connectivity index (χ3n) is 4.79. The molecule has 7 heteroatoms. The predicted octanol–water partition coefficient (Wildman–Crippen LogP) is 3.34. The molecule has 1 fully saturated rings. The number of likely N-dealkylation sites (tertiary alicyclic amines) is 1. The van der Waals surface area contributed by atoms with E-state index in [1.165, 1.54) is 19.4 Å². The van der Waals surface area contributed by atoms with Crippen LogP contribution in [-0.4, -0.2) is 55.3 Å². The number of benzene rings is 1. The fraction of sp³-hybridized carbons (Fsp3) is 0.650. The molecule has 0 saturated carbocycles. The van der Waals surface area contributed by atoms with E-state index in [1.54, 1.807) is 19.2 Å². The van der Waals surface area contributed by atoms with Gasteiger partial charge in [0.2, 0.25) is 0 Å². The Hall–Kier alpha value is -1.22. The Morgan fingerprint density at radius 3 is 2.67 bits per heavy atom. The third-order valence-corrected chi connectivity index (χ3v) is 4.79. The molecular weight excluding hydrogens is 455 g/mol. The Morgan fingerprint density at radius 1 is 1.30 bits per heavy atom. The minimum absolute atomic E-state index is 0. The first-order valence-corrected chi connectivity index (χ1v) is 9.79. The van der Waals surface area contributed by atoms with Crippen LogP contribution in [0.2, 0.25) is 0 Å². The molecule has 0 aliphatic carbocycles. The van der Waals surface area contributed by atoms with E-state index in [0.29, 0.717) is 12.6 Å². The van der Waals surface area contributed by atoms with Crippen LogP contribution >= 0.6 is 24.0 Å². The van der Waals surface area contributed by atoms with E-state index in [-0.39, 0.29) is 29.7 Å². The molecule has 0 aromatic heterocycles. The normalized spacial score (nSPS) is 15.9. The fourth-order valence-corrected chi connectivity index (χ4v) is 3.18. The number of unbranched alkanes of at least 4 members (excludes halogenated alkanes) is 1. The zero-order chi connectivity index (χ0) is 18.8. The highest BCUT2D eigenvalue weighted by Crippen LogP contribution is 2.23. The van der Waals surface area contributed by atoms with Crippen molar-refractivity contribution >= 4 is 29.9 Å². The first-order valence-electron chi connectivity index (χ1n) is 9.79. The molecule has 1 aromatic carbocycles. The van der Waals surface area contributed by atoms with Crippen LogP contribution in [0.3, 0.4) is 0 Å². The van der Waals surface area contributed by atoms with Crippen molar-refractivity contribution in [3.05, 3.63) is 23.8 Å². The molecule has 0 amide bonds. The van der Waals surface area contributed by atoms with Crippen molar-refractivity contribution in [2.24, 2.45) is 4.99 Å². The van der Waals surface area contributed by atoms with Gasteiger partial charge in [-0.25, -0.2) is 4.99 Å². The van der Waals surface area contributed by atoms with Gasteiger partial charge < -0.3 is 25.4 Å². The number of phenols is 1. The molecule has 0 bridgehead atoms. The number of phenolic OH excluding ortho intramolecular Hbond substituents is 1. The summed E-state index contributed by atoms with van der Waals surface area (Å²) in [6.45, 7) is 9.04. The van der Waals surface area contributed by atoms with Gasteiger partial charge in [0, 0.05) is 31.2 Å². The summed E-state index contributed by atoms with van der Waals surface area (Å²) >= 11 is 0. The number of nitrogens with one attached hydrogen (secondary N) is 2. The van der Waals surface area contributed by atoms with Crippen molar-refractivity contribution in [1.29, 1.82) is 0 Å². The summed E-state index contributed by atoms with van der Waals surface area (Å²) in [5, 5.41) is 16.9. The standard InChI is InChI=1S/C20H34N4O2.HI/c1-4-6-11-24-12-9-17(10-13-24)23-20(21-5-2)22-15-16-14-18(26-3)7-8-19(16)25;/h7-8,14,17,25H,4-6,9-13,15H2,1-3H3,(H2,21,22,23);1H. The second-order valence-corrected chi connectivity index (χ2v) is 6.80. The van der Waals surface area contributed by atoms with Crippen LogP contribution in [0.5, 0.6) is 11.5 Å². The predicted molar refractivity (Wildman–Crippen MR) is 122 cm³/mol. The van der Waals surface area contributed by atoms with Crippen molar-refractivity contribution in [3.8, 4) is 11.5 Å². The van der Waals surface area contributed by atoms with E-state index < -0.39 is 0 Å². The lowest BCUT2D eigenvalue weighted by Gasteiger charge is -2.33. The number of methoxy groups -OCH3 is 1. The van der Waals surface area contributed by atoms with Crippen LogP contribution in [-0.2, 0) is 6.54 Å². The molecule has 27 heavy (non-hydrogen) atoms. The molecule has 0 unspecified atom stereocenters. The molecule has 6 nitrogen and oxygen atoms in total. The number of hydrogen-bond acceptors (Lipinski definition) is 4. The first kappa shape index (κ1) is 23.8. The fourth-order valence-electron chi connectivity index (χ4n) is 3.18. The first-order chi connectivity index (χ1) is 12.7. The van der Waals surface area contributed by atoms with Crippen LogP contribution in [0.4, 0.5) is 0 Å². The minimum atomic E-state index is 0. The third kappa shape index (κ3) is 8.13. The molecule has 1 saturated heterocycles. The molecule has 0 atom stereocenters. The summed E-state index contributed by atoms with van der Waals surface area (Å²) < 4.78 is 5.23. The smallest absolute Gasteiger partial charge is 0.191 e. The Kier molecular flexibility index (Phi) is 11.5. The number of guanidine groups is 1. The van der Waals surface area contributed by atoms with Gasteiger partial charge in [-0.1, -0.05) is 13.3 Å². The molecule has 0 spiro atoms. The van der Waals surface area contributed by atoms with Gasteiger partial charge >= 0.3 is 0 Å². The van der Waals surface area contributed by atoms with E-state index >= 15 is 0 Å². The summed E-state index contributed by atoms with van der Waals surface area (Å²) in [5.74, 6) is 1.78. The van der Waals surface area contributed by atoms with Crippen molar-refractivity contribution in [2.75, 3.05) is 33.3 Å². The number of halogens is 1. The maximum Gasteiger partial charge on any atom is 0.191 e. The molecule has 1 aromatic rings. The summed E-state index contributed by atoms with van der Waals surface area (Å²) in [4.78, 5) is 7.20. The molecule has 3 N–H and O–H groups in total. The van der Waals surface area contributed by atoms with E-state index in [9.17, 15) is 5.11 Å². The highest BCUT2D eigenvalue weighted by Gasteiger charge is 2.19. The van der Waals surface area contributed by atoms with E-state index in [2.05, 4.69) is 34.4 Å². The number of aliphatic imine (C=N–C) groups is 1. The Bertz CT molecular complexity index is 575. The molecular formula is C20H35IN4O2. The minimum Gasteiger partial charge on any atom is -0.508 e. The largest absolute Gasteiger partial charge is 0.508 e. The zero-order valence-corrected chi connectivity index (χ0v) is 19.2. The van der Waals surface area contributed by atoms with Crippen molar-refractivity contribution in [1.82, 2.24) is 15.5 Å².